The monoisotopic (exact) mass is 354 g/mol. The number of hydrazone groups is 1. The minimum absolute atomic E-state index is 0.00261. The number of ether oxygens (including phenoxy) is 1. The maximum absolute atomic E-state index is 12.8. The predicted molar refractivity (Wildman–Crippen MR) is 99.4 cm³/mol. The SMILES string of the molecule is CCOC(=O)Cc1cnc2n(c1=O)C(C)CCC2=NNc1ccccc1. The predicted octanol–water partition coefficient (Wildman–Crippen LogP) is 2.52. The first-order valence-corrected chi connectivity index (χ1v) is 8.74. The van der Waals surface area contributed by atoms with Gasteiger partial charge in [-0.2, -0.15) is 5.10 Å². The van der Waals surface area contributed by atoms with Crippen LogP contribution in [0.1, 0.15) is 44.1 Å². The summed E-state index contributed by atoms with van der Waals surface area (Å²) < 4.78 is 6.56. The van der Waals surface area contributed by atoms with Crippen LogP contribution in [0.3, 0.4) is 0 Å². The van der Waals surface area contributed by atoms with E-state index >= 15 is 0 Å². The van der Waals surface area contributed by atoms with Gasteiger partial charge in [-0.25, -0.2) is 4.98 Å². The number of carbonyl (C=O) groups is 1. The summed E-state index contributed by atoms with van der Waals surface area (Å²) in [5.74, 6) is 0.125. The van der Waals surface area contributed by atoms with E-state index in [4.69, 9.17) is 4.74 Å². The molecular weight excluding hydrogens is 332 g/mol. The fourth-order valence-corrected chi connectivity index (χ4v) is 2.96. The molecule has 2 heterocycles. The molecule has 2 aromatic rings. The Kier molecular flexibility index (Phi) is 5.46. The molecule has 0 radical (unpaired) electrons. The lowest BCUT2D eigenvalue weighted by atomic mass is 10.0. The zero-order valence-corrected chi connectivity index (χ0v) is 14.9. The van der Waals surface area contributed by atoms with E-state index in [1.54, 1.807) is 11.5 Å². The maximum atomic E-state index is 12.8. The molecule has 0 amide bonds. The van der Waals surface area contributed by atoms with Crippen molar-refractivity contribution in [3.8, 4) is 0 Å². The highest BCUT2D eigenvalue weighted by atomic mass is 16.5. The first-order valence-electron chi connectivity index (χ1n) is 8.74. The highest BCUT2D eigenvalue weighted by Crippen LogP contribution is 2.22. The number of nitrogens with zero attached hydrogens (tertiary/aromatic N) is 3. The van der Waals surface area contributed by atoms with Gasteiger partial charge in [0.2, 0.25) is 0 Å². The van der Waals surface area contributed by atoms with Crippen molar-refractivity contribution in [2.75, 3.05) is 12.0 Å². The molecule has 0 aliphatic carbocycles. The summed E-state index contributed by atoms with van der Waals surface area (Å²) in [6, 6.07) is 9.61. The summed E-state index contributed by atoms with van der Waals surface area (Å²) in [7, 11) is 0. The largest absolute Gasteiger partial charge is 0.466 e. The van der Waals surface area contributed by atoms with Crippen LogP contribution in [0, 0.1) is 0 Å². The Bertz CT molecular complexity index is 874. The summed E-state index contributed by atoms with van der Waals surface area (Å²) in [4.78, 5) is 29.0. The zero-order valence-electron chi connectivity index (χ0n) is 14.9. The number of para-hydroxylation sites is 1. The molecule has 1 aliphatic rings. The number of hydrogen-bond acceptors (Lipinski definition) is 6. The van der Waals surface area contributed by atoms with Crippen molar-refractivity contribution in [1.29, 1.82) is 0 Å². The molecule has 0 spiro atoms. The van der Waals surface area contributed by atoms with Gasteiger partial charge < -0.3 is 4.74 Å². The van der Waals surface area contributed by atoms with E-state index in [1.807, 2.05) is 37.3 Å². The van der Waals surface area contributed by atoms with E-state index in [-0.39, 0.29) is 24.6 Å². The van der Waals surface area contributed by atoms with Crippen LogP contribution in [0.15, 0.2) is 46.4 Å². The van der Waals surface area contributed by atoms with Crippen molar-refractivity contribution in [3.63, 3.8) is 0 Å². The molecule has 1 aromatic carbocycles. The fraction of sp³-hybridized carbons (Fsp3) is 0.368. The first-order chi connectivity index (χ1) is 12.6. The van der Waals surface area contributed by atoms with Crippen molar-refractivity contribution in [2.45, 2.75) is 39.2 Å². The number of fused-ring (bicyclic) bond motifs is 1. The highest BCUT2D eigenvalue weighted by Gasteiger charge is 2.25. The molecule has 1 atom stereocenters. The van der Waals surface area contributed by atoms with E-state index in [2.05, 4.69) is 15.5 Å². The van der Waals surface area contributed by atoms with Crippen molar-refractivity contribution >= 4 is 17.4 Å². The second kappa shape index (κ2) is 7.95. The van der Waals surface area contributed by atoms with Crippen LogP contribution >= 0.6 is 0 Å². The number of anilines is 1. The molecule has 3 rings (SSSR count). The molecule has 7 nitrogen and oxygen atoms in total. The summed E-state index contributed by atoms with van der Waals surface area (Å²) >= 11 is 0. The van der Waals surface area contributed by atoms with Gasteiger partial charge in [-0.1, -0.05) is 18.2 Å². The molecule has 0 bridgehead atoms. The molecule has 0 fully saturated rings. The minimum atomic E-state index is -0.421. The Balaban J connectivity index is 1.91. The first kappa shape index (κ1) is 17.8. The van der Waals surface area contributed by atoms with Gasteiger partial charge in [0.25, 0.3) is 5.56 Å². The molecule has 1 aromatic heterocycles. The number of rotatable bonds is 5. The van der Waals surface area contributed by atoms with Crippen LogP contribution < -0.4 is 11.0 Å². The van der Waals surface area contributed by atoms with Crippen LogP contribution in [0.2, 0.25) is 0 Å². The smallest absolute Gasteiger partial charge is 0.310 e. The zero-order chi connectivity index (χ0) is 18.5. The van der Waals surface area contributed by atoms with Gasteiger partial charge in [0.1, 0.15) is 5.71 Å². The quantitative estimate of drug-likeness (QED) is 0.659. The van der Waals surface area contributed by atoms with Gasteiger partial charge in [0, 0.05) is 17.8 Å². The lowest BCUT2D eigenvalue weighted by Crippen LogP contribution is -2.36. The lowest BCUT2D eigenvalue weighted by molar-refractivity contribution is -0.142. The van der Waals surface area contributed by atoms with Crippen LogP contribution in [0.5, 0.6) is 0 Å². The minimum Gasteiger partial charge on any atom is -0.466 e. The van der Waals surface area contributed by atoms with Gasteiger partial charge in [0.05, 0.1) is 18.7 Å². The summed E-state index contributed by atoms with van der Waals surface area (Å²) in [6.45, 7) is 4.00. The van der Waals surface area contributed by atoms with Crippen LogP contribution in [0.4, 0.5) is 5.69 Å². The van der Waals surface area contributed by atoms with Gasteiger partial charge in [0.15, 0.2) is 5.82 Å². The number of carbonyl (C=O) groups excluding carboxylic acids is 1. The average Bonchev–Trinajstić information content (AvgIpc) is 2.64. The molecule has 136 valence electrons. The van der Waals surface area contributed by atoms with Crippen molar-refractivity contribution in [2.24, 2.45) is 5.10 Å². The van der Waals surface area contributed by atoms with Gasteiger partial charge in [-0.15, -0.1) is 0 Å². The molecule has 26 heavy (non-hydrogen) atoms. The third-order valence-electron chi connectivity index (χ3n) is 4.30. The molecule has 0 saturated carbocycles. The molecule has 1 N–H and O–H groups in total. The molecule has 0 saturated heterocycles. The number of benzene rings is 1. The maximum Gasteiger partial charge on any atom is 0.310 e. The molecule has 7 heteroatoms. The highest BCUT2D eigenvalue weighted by molar-refractivity contribution is 5.98. The Labute approximate surface area is 151 Å². The van der Waals surface area contributed by atoms with E-state index in [1.165, 1.54) is 6.20 Å². The number of hydrogen-bond donors (Lipinski definition) is 1. The second-order valence-corrected chi connectivity index (χ2v) is 6.19. The molecule has 1 aliphatic heterocycles. The average molecular weight is 354 g/mol. The Morgan fingerprint density at radius 2 is 2.15 bits per heavy atom. The van der Waals surface area contributed by atoms with Crippen LogP contribution in [0.25, 0.3) is 0 Å². The Morgan fingerprint density at radius 1 is 1.38 bits per heavy atom. The van der Waals surface area contributed by atoms with E-state index in [0.717, 1.165) is 24.2 Å². The standard InChI is InChI=1S/C19H22N4O3/c1-3-26-17(24)11-14-12-20-18-16(10-9-13(2)23(18)19(14)25)22-21-15-7-5-4-6-8-15/h4-8,12-13,21H,3,9-11H2,1-2H3. The van der Waals surface area contributed by atoms with Gasteiger partial charge >= 0.3 is 5.97 Å². The number of nitrogens with one attached hydrogen (secondary N) is 1. The number of aromatic nitrogens is 2. The number of esters is 1. The summed E-state index contributed by atoms with van der Waals surface area (Å²) in [5, 5.41) is 4.44. The van der Waals surface area contributed by atoms with Crippen molar-refractivity contribution in [1.82, 2.24) is 9.55 Å². The molecular formula is C19H22N4O3. The third-order valence-corrected chi connectivity index (χ3v) is 4.30. The third kappa shape index (κ3) is 3.82. The fourth-order valence-electron chi connectivity index (χ4n) is 2.96. The summed E-state index contributed by atoms with van der Waals surface area (Å²) in [6.07, 6.45) is 2.90. The second-order valence-electron chi connectivity index (χ2n) is 6.19. The van der Waals surface area contributed by atoms with Gasteiger partial charge in [-0.3, -0.25) is 19.6 Å². The summed E-state index contributed by atoms with van der Waals surface area (Å²) in [5.41, 5.74) is 4.75. The van der Waals surface area contributed by atoms with E-state index < -0.39 is 5.97 Å². The Morgan fingerprint density at radius 3 is 2.88 bits per heavy atom. The van der Waals surface area contributed by atoms with E-state index in [9.17, 15) is 9.59 Å². The van der Waals surface area contributed by atoms with Crippen LogP contribution in [-0.2, 0) is 16.0 Å². The van der Waals surface area contributed by atoms with Gasteiger partial charge in [-0.05, 0) is 38.8 Å². The topological polar surface area (TPSA) is 85.6 Å². The lowest BCUT2D eigenvalue weighted by Gasteiger charge is -2.25. The van der Waals surface area contributed by atoms with E-state index in [0.29, 0.717) is 11.4 Å². The van der Waals surface area contributed by atoms with Crippen molar-refractivity contribution < 1.29 is 9.53 Å². The molecule has 1 unspecified atom stereocenters. The van der Waals surface area contributed by atoms with Crippen molar-refractivity contribution in [3.05, 3.63) is 58.3 Å². The van der Waals surface area contributed by atoms with Crippen LogP contribution in [-0.4, -0.2) is 27.8 Å². The Hall–Kier alpha value is -2.96. The normalized spacial score (nSPS) is 17.6.